The first-order valence-corrected chi connectivity index (χ1v) is 12.5. The Morgan fingerprint density at radius 3 is 2.47 bits per heavy atom. The highest BCUT2D eigenvalue weighted by Crippen LogP contribution is 2.34. The summed E-state index contributed by atoms with van der Waals surface area (Å²) in [6.07, 6.45) is 0. The molecule has 1 N–H and O–H groups in total. The highest BCUT2D eigenvalue weighted by atomic mass is 32.2. The normalized spacial score (nSPS) is 21.7. The summed E-state index contributed by atoms with van der Waals surface area (Å²) in [7, 11) is -3.69. The van der Waals surface area contributed by atoms with Crippen molar-refractivity contribution in [1.82, 2.24) is 14.5 Å². The van der Waals surface area contributed by atoms with Gasteiger partial charge in [-0.15, -0.1) is 0 Å². The van der Waals surface area contributed by atoms with E-state index in [9.17, 15) is 18.0 Å². The summed E-state index contributed by atoms with van der Waals surface area (Å²) in [5.74, 6) is -0.379. The molecule has 1 unspecified atom stereocenters. The van der Waals surface area contributed by atoms with Crippen molar-refractivity contribution in [2.45, 2.75) is 23.9 Å². The van der Waals surface area contributed by atoms with Gasteiger partial charge in [-0.3, -0.25) is 9.69 Å². The lowest BCUT2D eigenvalue weighted by Gasteiger charge is -2.26. The van der Waals surface area contributed by atoms with Gasteiger partial charge in [-0.2, -0.15) is 4.31 Å². The van der Waals surface area contributed by atoms with E-state index in [1.54, 1.807) is 19.1 Å². The summed E-state index contributed by atoms with van der Waals surface area (Å²) in [4.78, 5) is 27.7. The van der Waals surface area contributed by atoms with E-state index in [0.717, 1.165) is 21.2 Å². The highest BCUT2D eigenvalue weighted by molar-refractivity contribution is 7.89. The van der Waals surface area contributed by atoms with Gasteiger partial charge < -0.3 is 10.1 Å². The fraction of sp³-hybridized carbons (Fsp3) is 0.280. The number of hydrogen-bond donors (Lipinski definition) is 1. The van der Waals surface area contributed by atoms with Crippen molar-refractivity contribution in [1.29, 1.82) is 0 Å². The fourth-order valence-corrected chi connectivity index (χ4v) is 6.09. The third-order valence-corrected chi connectivity index (χ3v) is 8.34. The number of sulfonamides is 1. The second-order valence-electron chi connectivity index (χ2n) is 8.64. The van der Waals surface area contributed by atoms with E-state index in [1.165, 1.54) is 16.4 Å². The van der Waals surface area contributed by atoms with Gasteiger partial charge in [-0.1, -0.05) is 54.6 Å². The Labute approximate surface area is 198 Å². The van der Waals surface area contributed by atoms with Crippen LogP contribution < -0.4 is 5.32 Å². The van der Waals surface area contributed by atoms with Gasteiger partial charge in [0.25, 0.3) is 5.91 Å². The maximum Gasteiger partial charge on any atom is 0.325 e. The van der Waals surface area contributed by atoms with Crippen LogP contribution in [0.1, 0.15) is 18.1 Å². The molecule has 9 heteroatoms. The van der Waals surface area contributed by atoms with Crippen molar-refractivity contribution < 1.29 is 22.7 Å². The summed E-state index contributed by atoms with van der Waals surface area (Å²) >= 11 is 0. The number of morpholine rings is 1. The molecule has 0 radical (unpaired) electrons. The predicted molar refractivity (Wildman–Crippen MR) is 126 cm³/mol. The van der Waals surface area contributed by atoms with Crippen molar-refractivity contribution in [3.05, 3.63) is 77.9 Å². The third-order valence-electron chi connectivity index (χ3n) is 6.45. The molecule has 0 saturated carbocycles. The number of urea groups is 1. The Morgan fingerprint density at radius 1 is 0.971 bits per heavy atom. The van der Waals surface area contributed by atoms with Gasteiger partial charge in [0.2, 0.25) is 10.0 Å². The van der Waals surface area contributed by atoms with Crippen molar-refractivity contribution in [3.63, 3.8) is 0 Å². The minimum Gasteiger partial charge on any atom is -0.379 e. The maximum absolute atomic E-state index is 13.5. The average molecular weight is 480 g/mol. The SMILES string of the molecule is CC1(c2cccc3ccccc23)NC(=O)N(Cc2cccc(S(=O)(=O)N3CCOCC3)c2)C1=O. The Hall–Kier alpha value is -3.27. The zero-order valence-corrected chi connectivity index (χ0v) is 19.5. The van der Waals surface area contributed by atoms with Gasteiger partial charge in [-0.05, 0) is 41.0 Å². The van der Waals surface area contributed by atoms with E-state index in [0.29, 0.717) is 31.9 Å². The van der Waals surface area contributed by atoms with E-state index in [2.05, 4.69) is 5.32 Å². The van der Waals surface area contributed by atoms with Crippen molar-refractivity contribution in [2.24, 2.45) is 0 Å². The van der Waals surface area contributed by atoms with E-state index in [-0.39, 0.29) is 17.3 Å². The molecule has 0 aliphatic carbocycles. The summed E-state index contributed by atoms with van der Waals surface area (Å²) in [5.41, 5.74) is 0.0465. The molecule has 0 aromatic heterocycles. The number of rotatable bonds is 5. The first-order chi connectivity index (χ1) is 16.3. The lowest BCUT2D eigenvalue weighted by Crippen LogP contribution is -2.41. The number of nitrogens with zero attached hydrogens (tertiary/aromatic N) is 2. The molecule has 2 aliphatic heterocycles. The predicted octanol–water partition coefficient (Wildman–Crippen LogP) is 2.83. The molecular formula is C25H25N3O5S. The molecule has 3 aromatic carbocycles. The minimum absolute atomic E-state index is 0.0303. The van der Waals surface area contributed by atoms with Crippen molar-refractivity contribution in [2.75, 3.05) is 26.3 Å². The molecule has 2 saturated heterocycles. The lowest BCUT2D eigenvalue weighted by atomic mass is 9.88. The highest BCUT2D eigenvalue weighted by Gasteiger charge is 2.49. The molecule has 2 heterocycles. The Morgan fingerprint density at radius 2 is 1.68 bits per heavy atom. The number of ether oxygens (including phenoxy) is 1. The molecule has 3 aromatic rings. The third kappa shape index (κ3) is 3.75. The second-order valence-corrected chi connectivity index (χ2v) is 10.6. The number of fused-ring (bicyclic) bond motifs is 1. The van der Waals surface area contributed by atoms with Crippen LogP contribution in [-0.2, 0) is 31.6 Å². The van der Waals surface area contributed by atoms with Crippen molar-refractivity contribution >= 4 is 32.7 Å². The van der Waals surface area contributed by atoms with Gasteiger partial charge in [-0.25, -0.2) is 13.2 Å². The Kier molecular flexibility index (Phi) is 5.63. The van der Waals surface area contributed by atoms with Crippen LogP contribution in [0.15, 0.2) is 71.6 Å². The lowest BCUT2D eigenvalue weighted by molar-refractivity contribution is -0.131. The molecule has 5 rings (SSSR count). The van der Waals surface area contributed by atoms with Gasteiger partial charge in [0.1, 0.15) is 5.54 Å². The van der Waals surface area contributed by atoms with Crippen molar-refractivity contribution in [3.8, 4) is 0 Å². The monoisotopic (exact) mass is 479 g/mol. The number of carbonyl (C=O) groups excluding carboxylic acids is 2. The molecule has 0 bridgehead atoms. The second kappa shape index (κ2) is 8.50. The largest absolute Gasteiger partial charge is 0.379 e. The van der Waals surface area contributed by atoms with Gasteiger partial charge in [0.15, 0.2) is 0 Å². The van der Waals surface area contributed by atoms with E-state index >= 15 is 0 Å². The summed E-state index contributed by atoms with van der Waals surface area (Å²) in [6, 6.07) is 19.3. The molecular weight excluding hydrogens is 454 g/mol. The first kappa shape index (κ1) is 22.5. The molecule has 1 atom stereocenters. The number of benzene rings is 3. The molecule has 8 nitrogen and oxygen atoms in total. The molecule has 3 amide bonds. The number of nitrogens with one attached hydrogen (secondary N) is 1. The maximum atomic E-state index is 13.5. The fourth-order valence-electron chi connectivity index (χ4n) is 4.61. The molecule has 0 spiro atoms. The first-order valence-electron chi connectivity index (χ1n) is 11.1. The number of carbonyl (C=O) groups is 2. The Balaban J connectivity index is 1.43. The van der Waals surface area contributed by atoms with Gasteiger partial charge in [0, 0.05) is 13.1 Å². The minimum atomic E-state index is -3.69. The van der Waals surface area contributed by atoms with Crippen LogP contribution in [-0.4, -0.2) is 55.9 Å². The van der Waals surface area contributed by atoms with Crippen LogP contribution in [0.25, 0.3) is 10.8 Å². The summed E-state index contributed by atoms with van der Waals surface area (Å²) in [6.45, 7) is 2.97. The zero-order valence-electron chi connectivity index (χ0n) is 18.7. The number of hydrogen-bond acceptors (Lipinski definition) is 5. The summed E-state index contributed by atoms with van der Waals surface area (Å²) < 4.78 is 32.7. The quantitative estimate of drug-likeness (QED) is 0.568. The van der Waals surface area contributed by atoms with Crippen LogP contribution >= 0.6 is 0 Å². The number of amides is 3. The Bertz CT molecular complexity index is 1380. The average Bonchev–Trinajstić information content (AvgIpc) is 3.08. The van der Waals surface area contributed by atoms with Crippen LogP contribution in [0.3, 0.4) is 0 Å². The van der Waals surface area contributed by atoms with Gasteiger partial charge >= 0.3 is 6.03 Å². The molecule has 34 heavy (non-hydrogen) atoms. The van der Waals surface area contributed by atoms with E-state index < -0.39 is 21.6 Å². The molecule has 176 valence electrons. The topological polar surface area (TPSA) is 96.0 Å². The van der Waals surface area contributed by atoms with Crippen LogP contribution in [0.5, 0.6) is 0 Å². The summed E-state index contributed by atoms with van der Waals surface area (Å²) in [5, 5.41) is 4.72. The smallest absolute Gasteiger partial charge is 0.325 e. The molecule has 2 fully saturated rings. The van der Waals surface area contributed by atoms with Crippen LogP contribution in [0.4, 0.5) is 4.79 Å². The number of imide groups is 1. The van der Waals surface area contributed by atoms with Crippen LogP contribution in [0, 0.1) is 0 Å². The van der Waals surface area contributed by atoms with Gasteiger partial charge in [0.05, 0.1) is 24.7 Å². The van der Waals surface area contributed by atoms with Crippen LogP contribution in [0.2, 0.25) is 0 Å². The zero-order chi connectivity index (χ0) is 23.9. The van der Waals surface area contributed by atoms with E-state index in [1.807, 2.05) is 42.5 Å². The standard InChI is InChI=1S/C25H25N3O5S/c1-25(22-11-5-8-19-7-2-3-10-21(19)22)23(29)28(24(30)26-25)17-18-6-4-9-20(16-18)34(31,32)27-12-14-33-15-13-27/h2-11,16H,12-15,17H2,1H3,(H,26,30). The van der Waals surface area contributed by atoms with E-state index in [4.69, 9.17) is 4.74 Å². The molecule has 2 aliphatic rings.